The summed E-state index contributed by atoms with van der Waals surface area (Å²) in [6.07, 6.45) is 0. The monoisotopic (exact) mass is 355 g/mol. The van der Waals surface area contributed by atoms with Crippen LogP contribution in [-0.4, -0.2) is 21.5 Å². The third-order valence-corrected chi connectivity index (χ3v) is 5.27. The summed E-state index contributed by atoms with van der Waals surface area (Å²) in [5.74, 6) is -0.432. The average molecular weight is 355 g/mol. The number of sulfonamides is 1. The lowest BCUT2D eigenvalue weighted by Gasteiger charge is -2.10. The van der Waals surface area contributed by atoms with Gasteiger partial charge in [0.25, 0.3) is 10.0 Å². The van der Waals surface area contributed by atoms with Gasteiger partial charge in [0.1, 0.15) is 0 Å². The highest BCUT2D eigenvalue weighted by molar-refractivity contribution is 7.92. The Morgan fingerprint density at radius 2 is 1.72 bits per heavy atom. The summed E-state index contributed by atoms with van der Waals surface area (Å²) >= 11 is 0. The molecule has 0 saturated carbocycles. The average Bonchev–Trinajstić information content (AvgIpc) is 2.60. The number of benzene rings is 3. The molecule has 0 bridgehead atoms. The van der Waals surface area contributed by atoms with Crippen LogP contribution in [0.25, 0.3) is 10.8 Å². The Labute approximate surface area is 146 Å². The first-order chi connectivity index (χ1) is 11.9. The third-order valence-electron chi connectivity index (χ3n) is 3.87. The number of hydrogen-bond acceptors (Lipinski definition) is 4. The maximum Gasteiger partial charge on any atom is 0.338 e. The lowest BCUT2D eigenvalue weighted by Crippen LogP contribution is -2.12. The molecule has 0 aromatic heterocycles. The normalized spacial score (nSPS) is 11.3. The van der Waals surface area contributed by atoms with Crippen molar-refractivity contribution in [3.63, 3.8) is 0 Å². The molecular formula is C19H17NO4S. The van der Waals surface area contributed by atoms with Gasteiger partial charge >= 0.3 is 5.97 Å². The number of carbonyl (C=O) groups is 1. The molecule has 5 nitrogen and oxygen atoms in total. The first-order valence-corrected chi connectivity index (χ1v) is 9.09. The molecule has 0 aliphatic heterocycles. The number of aryl methyl sites for hydroxylation is 1. The van der Waals surface area contributed by atoms with Crippen molar-refractivity contribution < 1.29 is 17.9 Å². The van der Waals surface area contributed by atoms with Crippen molar-refractivity contribution >= 4 is 32.5 Å². The second-order valence-corrected chi connectivity index (χ2v) is 7.33. The molecule has 0 saturated heterocycles. The van der Waals surface area contributed by atoms with Crippen LogP contribution in [0.15, 0.2) is 65.6 Å². The minimum absolute atomic E-state index is 0.196. The zero-order valence-electron chi connectivity index (χ0n) is 13.8. The van der Waals surface area contributed by atoms with E-state index in [1.165, 1.54) is 7.11 Å². The van der Waals surface area contributed by atoms with Gasteiger partial charge in [0.05, 0.1) is 17.6 Å². The van der Waals surface area contributed by atoms with E-state index in [1.54, 1.807) is 54.6 Å². The molecule has 0 fully saturated rings. The zero-order valence-corrected chi connectivity index (χ0v) is 14.6. The third kappa shape index (κ3) is 3.49. The number of ether oxygens (including phenoxy) is 1. The van der Waals surface area contributed by atoms with Gasteiger partial charge in [-0.3, -0.25) is 4.72 Å². The summed E-state index contributed by atoms with van der Waals surface area (Å²) in [6.45, 7) is 1.89. The first-order valence-electron chi connectivity index (χ1n) is 7.61. The number of fused-ring (bicyclic) bond motifs is 1. The van der Waals surface area contributed by atoms with Crippen molar-refractivity contribution in [3.8, 4) is 0 Å². The van der Waals surface area contributed by atoms with Gasteiger partial charge in [-0.2, -0.15) is 0 Å². The van der Waals surface area contributed by atoms with E-state index in [2.05, 4.69) is 4.72 Å². The zero-order chi connectivity index (χ0) is 18.0. The van der Waals surface area contributed by atoms with Crippen molar-refractivity contribution in [3.05, 3.63) is 71.8 Å². The van der Waals surface area contributed by atoms with Crippen LogP contribution < -0.4 is 4.72 Å². The fraction of sp³-hybridized carbons (Fsp3) is 0.105. The summed E-state index contributed by atoms with van der Waals surface area (Å²) in [5, 5.41) is 1.44. The largest absolute Gasteiger partial charge is 0.465 e. The molecule has 3 aromatic rings. The smallest absolute Gasteiger partial charge is 0.338 e. The minimum atomic E-state index is -3.67. The van der Waals surface area contributed by atoms with Crippen LogP contribution in [0.3, 0.4) is 0 Å². The van der Waals surface area contributed by atoms with Gasteiger partial charge in [0, 0.05) is 5.69 Å². The predicted molar refractivity (Wildman–Crippen MR) is 97.3 cm³/mol. The highest BCUT2D eigenvalue weighted by atomic mass is 32.2. The Hall–Kier alpha value is -2.86. The fourth-order valence-electron chi connectivity index (χ4n) is 2.57. The van der Waals surface area contributed by atoms with Gasteiger partial charge in [0.2, 0.25) is 0 Å². The van der Waals surface area contributed by atoms with Gasteiger partial charge in [-0.25, -0.2) is 13.2 Å². The fourth-order valence-corrected chi connectivity index (χ4v) is 3.62. The summed E-state index contributed by atoms with van der Waals surface area (Å²) in [6, 6.07) is 16.8. The van der Waals surface area contributed by atoms with E-state index >= 15 is 0 Å². The van der Waals surface area contributed by atoms with Crippen LogP contribution in [0.4, 0.5) is 5.69 Å². The Morgan fingerprint density at radius 1 is 1.00 bits per heavy atom. The molecule has 1 N–H and O–H groups in total. The van der Waals surface area contributed by atoms with Gasteiger partial charge in [-0.15, -0.1) is 0 Å². The van der Waals surface area contributed by atoms with Crippen LogP contribution in [0.2, 0.25) is 0 Å². The highest BCUT2D eigenvalue weighted by Crippen LogP contribution is 2.25. The molecule has 0 radical (unpaired) electrons. The van der Waals surface area contributed by atoms with Crippen LogP contribution >= 0.6 is 0 Å². The maximum atomic E-state index is 12.5. The van der Waals surface area contributed by atoms with Crippen molar-refractivity contribution in [1.29, 1.82) is 0 Å². The number of esters is 1. The second kappa shape index (κ2) is 6.57. The topological polar surface area (TPSA) is 72.5 Å². The maximum absolute atomic E-state index is 12.5. The van der Waals surface area contributed by atoms with Gasteiger partial charge in [0.15, 0.2) is 0 Å². The summed E-state index contributed by atoms with van der Waals surface area (Å²) in [4.78, 5) is 12.0. The Morgan fingerprint density at radius 3 is 2.40 bits per heavy atom. The summed E-state index contributed by atoms with van der Waals surface area (Å²) < 4.78 is 32.3. The predicted octanol–water partition coefficient (Wildman–Crippen LogP) is 3.74. The molecule has 0 spiro atoms. The second-order valence-electron chi connectivity index (χ2n) is 5.65. The number of carbonyl (C=O) groups excluding carboxylic acids is 1. The Balaban J connectivity index is 1.97. The van der Waals surface area contributed by atoms with Crippen LogP contribution in [-0.2, 0) is 14.8 Å². The number of rotatable bonds is 4. The van der Waals surface area contributed by atoms with E-state index in [4.69, 9.17) is 4.74 Å². The van der Waals surface area contributed by atoms with Gasteiger partial charge in [-0.05, 0) is 48.0 Å². The van der Waals surface area contributed by atoms with E-state index in [0.717, 1.165) is 10.9 Å². The quantitative estimate of drug-likeness (QED) is 0.724. The van der Waals surface area contributed by atoms with Gasteiger partial charge < -0.3 is 4.74 Å². The molecule has 128 valence electrons. The molecule has 25 heavy (non-hydrogen) atoms. The Kier molecular flexibility index (Phi) is 4.46. The van der Waals surface area contributed by atoms with Crippen LogP contribution in [0, 0.1) is 6.92 Å². The molecule has 0 aliphatic carbocycles. The molecule has 0 aliphatic rings. The lowest BCUT2D eigenvalue weighted by atomic mass is 10.0. The van der Waals surface area contributed by atoms with Crippen molar-refractivity contribution in [2.45, 2.75) is 11.8 Å². The van der Waals surface area contributed by atoms with E-state index < -0.39 is 16.0 Å². The van der Waals surface area contributed by atoms with Crippen molar-refractivity contribution in [1.82, 2.24) is 0 Å². The van der Waals surface area contributed by atoms with Crippen molar-refractivity contribution in [2.75, 3.05) is 11.8 Å². The number of hydrogen-bond donors (Lipinski definition) is 1. The highest BCUT2D eigenvalue weighted by Gasteiger charge is 2.15. The van der Waals surface area contributed by atoms with E-state index in [1.807, 2.05) is 13.0 Å². The standard InChI is InChI=1S/C19H17NO4S/c1-13-6-9-16(10-7-13)25(22,23)20-15-8-11-17-14(12-15)4-3-5-18(17)19(21)24-2/h3-12,20H,1-2H3. The van der Waals surface area contributed by atoms with Gasteiger partial charge in [-0.1, -0.05) is 35.9 Å². The molecular weight excluding hydrogens is 338 g/mol. The molecule has 3 aromatic carbocycles. The molecule has 0 unspecified atom stereocenters. The number of nitrogens with one attached hydrogen (secondary N) is 1. The molecule has 3 rings (SSSR count). The SMILES string of the molecule is COC(=O)c1cccc2cc(NS(=O)(=O)c3ccc(C)cc3)ccc12. The Bertz CT molecular complexity index is 1040. The number of methoxy groups -OCH3 is 1. The van der Waals surface area contributed by atoms with Crippen molar-refractivity contribution in [2.24, 2.45) is 0 Å². The lowest BCUT2D eigenvalue weighted by molar-refractivity contribution is 0.0603. The van der Waals surface area contributed by atoms with E-state index in [0.29, 0.717) is 16.6 Å². The molecule has 6 heteroatoms. The summed E-state index contributed by atoms with van der Waals surface area (Å²) in [5.41, 5.74) is 1.85. The first kappa shape index (κ1) is 17.0. The van der Waals surface area contributed by atoms with E-state index in [-0.39, 0.29) is 4.90 Å². The van der Waals surface area contributed by atoms with E-state index in [9.17, 15) is 13.2 Å². The number of anilines is 1. The molecule has 0 heterocycles. The summed E-state index contributed by atoms with van der Waals surface area (Å²) in [7, 11) is -2.35. The van der Waals surface area contributed by atoms with Crippen LogP contribution in [0.5, 0.6) is 0 Å². The minimum Gasteiger partial charge on any atom is -0.465 e. The van der Waals surface area contributed by atoms with Crippen LogP contribution in [0.1, 0.15) is 15.9 Å². The molecule has 0 atom stereocenters. The molecule has 0 amide bonds.